The molecule has 6 heteroatoms. The van der Waals surface area contributed by atoms with E-state index < -0.39 is 5.56 Å². The highest BCUT2D eigenvalue weighted by molar-refractivity contribution is 6.02. The predicted molar refractivity (Wildman–Crippen MR) is 96.3 cm³/mol. The fraction of sp³-hybridized carbons (Fsp3) is 0. The Balaban J connectivity index is 2.16. The number of aromatic nitrogens is 3. The van der Waals surface area contributed by atoms with Crippen molar-refractivity contribution in [2.24, 2.45) is 0 Å². The Hall–Kier alpha value is -3.85. The molecule has 2 aromatic heterocycles. The number of anilines is 1. The third-order valence-electron chi connectivity index (χ3n) is 4.05. The van der Waals surface area contributed by atoms with Crippen LogP contribution in [0.3, 0.4) is 0 Å². The zero-order valence-electron chi connectivity index (χ0n) is 13.1. The minimum Gasteiger partial charge on any atom is -0.382 e. The van der Waals surface area contributed by atoms with Crippen molar-refractivity contribution in [1.29, 1.82) is 5.26 Å². The lowest BCUT2D eigenvalue weighted by atomic mass is 9.98. The van der Waals surface area contributed by atoms with Gasteiger partial charge in [-0.1, -0.05) is 48.5 Å². The molecule has 0 amide bonds. The molecule has 4 aromatic rings. The van der Waals surface area contributed by atoms with Gasteiger partial charge in [0.2, 0.25) is 0 Å². The number of nitrogens with two attached hydrogens (primary N) is 1. The van der Waals surface area contributed by atoms with Crippen LogP contribution in [0.25, 0.3) is 27.8 Å². The summed E-state index contributed by atoms with van der Waals surface area (Å²) in [6, 6.07) is 20.6. The molecule has 0 fully saturated rings. The first-order chi connectivity index (χ1) is 12.2. The molecule has 0 radical (unpaired) electrons. The molecule has 6 nitrogen and oxygen atoms in total. The summed E-state index contributed by atoms with van der Waals surface area (Å²) in [7, 11) is 0. The Kier molecular flexibility index (Phi) is 3.33. The molecule has 25 heavy (non-hydrogen) atoms. The molecule has 0 aliphatic rings. The van der Waals surface area contributed by atoms with E-state index in [1.165, 1.54) is 0 Å². The van der Waals surface area contributed by atoms with E-state index in [-0.39, 0.29) is 11.4 Å². The molecule has 4 rings (SSSR count). The molecule has 3 N–H and O–H groups in total. The number of nitriles is 1. The number of rotatable bonds is 2. The predicted octanol–water partition coefficient (Wildman–Crippen LogP) is 2.83. The van der Waals surface area contributed by atoms with Gasteiger partial charge in [-0.25, -0.2) is 4.68 Å². The van der Waals surface area contributed by atoms with Gasteiger partial charge in [-0.3, -0.25) is 4.79 Å². The topological polar surface area (TPSA) is 100 Å². The van der Waals surface area contributed by atoms with Crippen LogP contribution in [0, 0.1) is 11.3 Å². The molecule has 0 unspecified atom stereocenters. The Morgan fingerprint density at radius 1 is 1.04 bits per heavy atom. The average molecular weight is 327 g/mol. The highest BCUT2D eigenvalue weighted by Gasteiger charge is 2.21. The van der Waals surface area contributed by atoms with E-state index in [1.54, 1.807) is 4.68 Å². The normalized spacial score (nSPS) is 10.7. The summed E-state index contributed by atoms with van der Waals surface area (Å²) in [5.74, 6) is 0.255. The van der Waals surface area contributed by atoms with Crippen molar-refractivity contribution in [2.45, 2.75) is 0 Å². The average Bonchev–Trinajstić information content (AvgIpc) is 2.98. The standard InChI is InChI=1S/C19H13N5O/c20-11-14-15(12-7-3-1-4-8-12)16-17(21)23-24(18(16)22-19(14)25)13-9-5-2-6-10-13/h1-10H,(H2,21,23)(H,22,25). The molecule has 0 saturated heterocycles. The number of H-pyrrole nitrogens is 1. The van der Waals surface area contributed by atoms with Gasteiger partial charge in [0.25, 0.3) is 5.56 Å². The quantitative estimate of drug-likeness (QED) is 0.591. The Labute approximate surface area is 142 Å². The fourth-order valence-electron chi connectivity index (χ4n) is 2.96. The first-order valence-electron chi connectivity index (χ1n) is 7.66. The van der Waals surface area contributed by atoms with Crippen LogP contribution >= 0.6 is 0 Å². The second-order valence-corrected chi connectivity index (χ2v) is 5.54. The molecule has 2 heterocycles. The number of nitrogens with zero attached hydrogens (tertiary/aromatic N) is 3. The first-order valence-corrected chi connectivity index (χ1v) is 7.66. The Morgan fingerprint density at radius 3 is 2.32 bits per heavy atom. The molecule has 0 aliphatic carbocycles. The lowest BCUT2D eigenvalue weighted by molar-refractivity contribution is 0.900. The summed E-state index contributed by atoms with van der Waals surface area (Å²) in [6.45, 7) is 0. The van der Waals surface area contributed by atoms with E-state index in [2.05, 4.69) is 10.1 Å². The molecule has 0 saturated carbocycles. The molecule has 0 atom stereocenters. The van der Waals surface area contributed by atoms with Crippen molar-refractivity contribution >= 4 is 16.9 Å². The number of nitrogen functional groups attached to an aromatic ring is 1. The van der Waals surface area contributed by atoms with E-state index in [4.69, 9.17) is 5.73 Å². The van der Waals surface area contributed by atoms with Crippen LogP contribution < -0.4 is 11.3 Å². The van der Waals surface area contributed by atoms with Crippen molar-refractivity contribution < 1.29 is 0 Å². The largest absolute Gasteiger partial charge is 0.382 e. The second kappa shape index (κ2) is 5.65. The van der Waals surface area contributed by atoms with Crippen LogP contribution in [0.1, 0.15) is 5.56 Å². The number of fused-ring (bicyclic) bond motifs is 1. The Bertz CT molecular complexity index is 1170. The van der Waals surface area contributed by atoms with Gasteiger partial charge in [0.1, 0.15) is 17.3 Å². The lowest BCUT2D eigenvalue weighted by Gasteiger charge is -2.07. The maximum atomic E-state index is 12.5. The van der Waals surface area contributed by atoms with Crippen molar-refractivity contribution in [3.63, 3.8) is 0 Å². The number of benzene rings is 2. The smallest absolute Gasteiger partial charge is 0.268 e. The van der Waals surface area contributed by atoms with Gasteiger partial charge >= 0.3 is 0 Å². The number of aromatic amines is 1. The number of pyridine rings is 1. The maximum absolute atomic E-state index is 12.5. The van der Waals surface area contributed by atoms with Crippen LogP contribution in [-0.4, -0.2) is 14.8 Å². The summed E-state index contributed by atoms with van der Waals surface area (Å²) in [5, 5.41) is 14.4. The first kappa shape index (κ1) is 14.7. The Morgan fingerprint density at radius 2 is 1.68 bits per heavy atom. The monoisotopic (exact) mass is 327 g/mol. The summed E-state index contributed by atoms with van der Waals surface area (Å²) >= 11 is 0. The summed E-state index contributed by atoms with van der Waals surface area (Å²) in [4.78, 5) is 15.2. The minimum absolute atomic E-state index is 0.0259. The van der Waals surface area contributed by atoms with Crippen molar-refractivity contribution in [3.05, 3.63) is 76.6 Å². The molecule has 0 aliphatic heterocycles. The maximum Gasteiger partial charge on any atom is 0.268 e. The van der Waals surface area contributed by atoms with Gasteiger partial charge in [0, 0.05) is 5.56 Å². The molecule has 2 aromatic carbocycles. The number of nitrogens with one attached hydrogen (secondary N) is 1. The number of para-hydroxylation sites is 1. The van der Waals surface area contributed by atoms with E-state index in [1.807, 2.05) is 66.7 Å². The highest BCUT2D eigenvalue weighted by Crippen LogP contribution is 2.33. The SMILES string of the molecule is N#Cc1c(-c2ccccc2)c2c(N)nn(-c3ccccc3)c2[nH]c1=O. The van der Waals surface area contributed by atoms with E-state index >= 15 is 0 Å². The number of hydrogen-bond donors (Lipinski definition) is 2. The van der Waals surface area contributed by atoms with Gasteiger partial charge in [-0.05, 0) is 17.7 Å². The second-order valence-electron chi connectivity index (χ2n) is 5.54. The lowest BCUT2D eigenvalue weighted by Crippen LogP contribution is -2.13. The molecular weight excluding hydrogens is 314 g/mol. The van der Waals surface area contributed by atoms with Crippen LogP contribution in [0.5, 0.6) is 0 Å². The van der Waals surface area contributed by atoms with Crippen molar-refractivity contribution in [2.75, 3.05) is 5.73 Å². The molecule has 120 valence electrons. The molecular formula is C19H13N5O. The third kappa shape index (κ3) is 2.26. The minimum atomic E-state index is -0.467. The van der Waals surface area contributed by atoms with Crippen LogP contribution in [0.2, 0.25) is 0 Å². The third-order valence-corrected chi connectivity index (χ3v) is 4.05. The van der Waals surface area contributed by atoms with Crippen molar-refractivity contribution in [1.82, 2.24) is 14.8 Å². The van der Waals surface area contributed by atoms with Crippen LogP contribution in [-0.2, 0) is 0 Å². The fourth-order valence-corrected chi connectivity index (χ4v) is 2.96. The van der Waals surface area contributed by atoms with E-state index in [9.17, 15) is 10.1 Å². The van der Waals surface area contributed by atoms with E-state index in [0.29, 0.717) is 16.6 Å². The zero-order valence-corrected chi connectivity index (χ0v) is 13.1. The van der Waals surface area contributed by atoms with Crippen LogP contribution in [0.4, 0.5) is 5.82 Å². The highest BCUT2D eigenvalue weighted by atomic mass is 16.1. The van der Waals surface area contributed by atoms with E-state index in [0.717, 1.165) is 11.3 Å². The van der Waals surface area contributed by atoms with Crippen LogP contribution in [0.15, 0.2) is 65.5 Å². The van der Waals surface area contributed by atoms with Gasteiger partial charge in [0.05, 0.1) is 11.1 Å². The summed E-state index contributed by atoms with van der Waals surface area (Å²) in [5.41, 5.74) is 8.20. The van der Waals surface area contributed by atoms with Gasteiger partial charge in [0.15, 0.2) is 5.82 Å². The van der Waals surface area contributed by atoms with Gasteiger partial charge < -0.3 is 10.7 Å². The molecule has 0 spiro atoms. The van der Waals surface area contributed by atoms with Gasteiger partial charge in [-0.2, -0.15) is 5.26 Å². The molecule has 0 bridgehead atoms. The van der Waals surface area contributed by atoms with Gasteiger partial charge in [-0.15, -0.1) is 5.10 Å². The summed E-state index contributed by atoms with van der Waals surface area (Å²) in [6.07, 6.45) is 0. The zero-order chi connectivity index (χ0) is 17.4. The number of hydrogen-bond acceptors (Lipinski definition) is 4. The summed E-state index contributed by atoms with van der Waals surface area (Å²) < 4.78 is 1.58. The van der Waals surface area contributed by atoms with Crippen molar-refractivity contribution in [3.8, 4) is 22.9 Å².